The van der Waals surface area contributed by atoms with E-state index in [1.54, 1.807) is 19.2 Å². The largest absolute Gasteiger partial charge is 0.484 e. The quantitative estimate of drug-likeness (QED) is 0.777. The average Bonchev–Trinajstić information content (AvgIpc) is 2.50. The maximum Gasteiger partial charge on any atom is 0.257 e. The van der Waals surface area contributed by atoms with Crippen molar-refractivity contribution in [2.24, 2.45) is 0 Å². The smallest absolute Gasteiger partial charge is 0.257 e. The Balaban J connectivity index is 1.81. The van der Waals surface area contributed by atoms with E-state index in [1.165, 1.54) is 0 Å². The lowest BCUT2D eigenvalue weighted by molar-refractivity contribution is -0.123. The topological polar surface area (TPSA) is 64.6 Å². The molecular formula is C16H21NO4. The number of aryl methyl sites for hydroxylation is 1. The van der Waals surface area contributed by atoms with Gasteiger partial charge in [0.15, 0.2) is 12.4 Å². The van der Waals surface area contributed by atoms with Gasteiger partial charge in [-0.15, -0.1) is 0 Å². The van der Waals surface area contributed by atoms with Crippen molar-refractivity contribution in [1.82, 2.24) is 5.32 Å². The second kappa shape index (κ2) is 7.78. The van der Waals surface area contributed by atoms with Crippen LogP contribution in [0.2, 0.25) is 0 Å². The molecule has 1 aliphatic rings. The van der Waals surface area contributed by atoms with Crippen molar-refractivity contribution in [2.75, 3.05) is 26.9 Å². The van der Waals surface area contributed by atoms with Crippen LogP contribution in [-0.2, 0) is 16.0 Å². The SMILES string of the molecule is COCCCNC(=O)COc1ccc2c(c1)CCCC2=O. The van der Waals surface area contributed by atoms with Crippen molar-refractivity contribution in [3.8, 4) is 5.75 Å². The van der Waals surface area contributed by atoms with Gasteiger partial charge in [-0.1, -0.05) is 0 Å². The van der Waals surface area contributed by atoms with Gasteiger partial charge in [0.2, 0.25) is 0 Å². The molecule has 1 aromatic rings. The molecule has 1 amide bonds. The molecule has 0 aliphatic heterocycles. The van der Waals surface area contributed by atoms with Crippen LogP contribution >= 0.6 is 0 Å². The molecule has 0 bridgehead atoms. The Morgan fingerprint density at radius 3 is 3.00 bits per heavy atom. The number of nitrogens with one attached hydrogen (secondary N) is 1. The van der Waals surface area contributed by atoms with E-state index in [9.17, 15) is 9.59 Å². The lowest BCUT2D eigenvalue weighted by Crippen LogP contribution is -2.30. The minimum Gasteiger partial charge on any atom is -0.484 e. The van der Waals surface area contributed by atoms with Gasteiger partial charge >= 0.3 is 0 Å². The molecule has 0 saturated heterocycles. The Hall–Kier alpha value is -1.88. The van der Waals surface area contributed by atoms with Gasteiger partial charge in [0, 0.05) is 32.2 Å². The molecule has 0 atom stereocenters. The van der Waals surface area contributed by atoms with Crippen LogP contribution in [0.4, 0.5) is 0 Å². The molecule has 114 valence electrons. The van der Waals surface area contributed by atoms with Gasteiger partial charge in [-0.3, -0.25) is 9.59 Å². The summed E-state index contributed by atoms with van der Waals surface area (Å²) < 4.78 is 10.4. The first kappa shape index (κ1) is 15.5. The molecule has 1 aromatic carbocycles. The molecule has 0 fully saturated rings. The van der Waals surface area contributed by atoms with Crippen LogP contribution in [0, 0.1) is 0 Å². The monoisotopic (exact) mass is 291 g/mol. The van der Waals surface area contributed by atoms with E-state index in [1.807, 2.05) is 6.07 Å². The predicted molar refractivity (Wildman–Crippen MR) is 78.7 cm³/mol. The second-order valence-electron chi connectivity index (χ2n) is 5.08. The highest BCUT2D eigenvalue weighted by Gasteiger charge is 2.17. The van der Waals surface area contributed by atoms with Crippen LogP contribution in [0.1, 0.15) is 35.2 Å². The van der Waals surface area contributed by atoms with E-state index in [2.05, 4.69) is 5.32 Å². The number of carbonyl (C=O) groups is 2. The van der Waals surface area contributed by atoms with E-state index in [-0.39, 0.29) is 18.3 Å². The van der Waals surface area contributed by atoms with Gasteiger partial charge in [-0.25, -0.2) is 0 Å². The minimum atomic E-state index is -0.153. The molecule has 0 saturated carbocycles. The summed E-state index contributed by atoms with van der Waals surface area (Å²) in [5.41, 5.74) is 1.81. The van der Waals surface area contributed by atoms with Crippen LogP contribution in [0.25, 0.3) is 0 Å². The normalized spacial score (nSPS) is 13.7. The fourth-order valence-corrected chi connectivity index (χ4v) is 2.36. The number of amides is 1. The van der Waals surface area contributed by atoms with Crippen molar-refractivity contribution < 1.29 is 19.1 Å². The summed E-state index contributed by atoms with van der Waals surface area (Å²) in [5.74, 6) is 0.675. The van der Waals surface area contributed by atoms with Crippen LogP contribution in [0.15, 0.2) is 18.2 Å². The molecule has 2 rings (SSSR count). The number of ketones is 1. The highest BCUT2D eigenvalue weighted by atomic mass is 16.5. The summed E-state index contributed by atoms with van der Waals surface area (Å²) in [6.07, 6.45) is 3.18. The Bertz CT molecular complexity index is 513. The van der Waals surface area contributed by atoms with Gasteiger partial charge in [-0.2, -0.15) is 0 Å². The summed E-state index contributed by atoms with van der Waals surface area (Å²) in [6, 6.07) is 5.41. The summed E-state index contributed by atoms with van der Waals surface area (Å²) in [5, 5.41) is 2.76. The Labute approximate surface area is 124 Å². The summed E-state index contributed by atoms with van der Waals surface area (Å²) >= 11 is 0. The van der Waals surface area contributed by atoms with E-state index < -0.39 is 0 Å². The molecule has 0 unspecified atom stereocenters. The first-order valence-corrected chi connectivity index (χ1v) is 7.25. The lowest BCUT2D eigenvalue weighted by Gasteiger charge is -2.15. The van der Waals surface area contributed by atoms with Crippen LogP contribution in [0.5, 0.6) is 5.75 Å². The van der Waals surface area contributed by atoms with Crippen molar-refractivity contribution >= 4 is 11.7 Å². The van der Waals surface area contributed by atoms with Crippen LogP contribution in [0.3, 0.4) is 0 Å². The first-order valence-electron chi connectivity index (χ1n) is 7.25. The number of benzene rings is 1. The maximum atomic E-state index is 11.7. The Kier molecular flexibility index (Phi) is 5.75. The number of Topliss-reactive ketones (excluding diaryl/α,β-unsaturated/α-hetero) is 1. The van der Waals surface area contributed by atoms with Gasteiger partial charge in [0.1, 0.15) is 5.75 Å². The molecule has 5 heteroatoms. The molecule has 21 heavy (non-hydrogen) atoms. The summed E-state index contributed by atoms with van der Waals surface area (Å²) in [7, 11) is 1.63. The van der Waals surface area contributed by atoms with E-state index in [0.29, 0.717) is 25.3 Å². The Morgan fingerprint density at radius 1 is 1.33 bits per heavy atom. The fourth-order valence-electron chi connectivity index (χ4n) is 2.36. The molecule has 0 radical (unpaired) electrons. The van der Waals surface area contributed by atoms with E-state index in [4.69, 9.17) is 9.47 Å². The predicted octanol–water partition coefficient (Wildman–Crippen LogP) is 1.74. The third kappa shape index (κ3) is 4.56. The first-order chi connectivity index (χ1) is 10.2. The van der Waals surface area contributed by atoms with Gasteiger partial charge in [0.25, 0.3) is 5.91 Å². The Morgan fingerprint density at radius 2 is 2.19 bits per heavy atom. The van der Waals surface area contributed by atoms with E-state index >= 15 is 0 Å². The minimum absolute atomic E-state index is 0.0142. The summed E-state index contributed by atoms with van der Waals surface area (Å²) in [4.78, 5) is 23.3. The zero-order chi connectivity index (χ0) is 15.1. The van der Waals surface area contributed by atoms with Crippen molar-refractivity contribution in [2.45, 2.75) is 25.7 Å². The third-order valence-electron chi connectivity index (χ3n) is 3.44. The highest BCUT2D eigenvalue weighted by Crippen LogP contribution is 2.25. The van der Waals surface area contributed by atoms with Crippen molar-refractivity contribution in [3.05, 3.63) is 29.3 Å². The molecule has 1 N–H and O–H groups in total. The van der Waals surface area contributed by atoms with Crippen molar-refractivity contribution in [3.63, 3.8) is 0 Å². The second-order valence-corrected chi connectivity index (χ2v) is 5.08. The zero-order valence-electron chi connectivity index (χ0n) is 12.3. The summed E-state index contributed by atoms with van der Waals surface area (Å²) in [6.45, 7) is 1.19. The molecule has 0 aromatic heterocycles. The third-order valence-corrected chi connectivity index (χ3v) is 3.44. The average molecular weight is 291 g/mol. The molecule has 5 nitrogen and oxygen atoms in total. The lowest BCUT2D eigenvalue weighted by atomic mass is 9.91. The van der Waals surface area contributed by atoms with Gasteiger partial charge < -0.3 is 14.8 Å². The number of methoxy groups -OCH3 is 1. The van der Waals surface area contributed by atoms with Gasteiger partial charge in [-0.05, 0) is 43.0 Å². The number of rotatable bonds is 7. The number of fused-ring (bicyclic) bond motifs is 1. The van der Waals surface area contributed by atoms with Crippen molar-refractivity contribution in [1.29, 1.82) is 0 Å². The highest BCUT2D eigenvalue weighted by molar-refractivity contribution is 5.98. The van der Waals surface area contributed by atoms with Gasteiger partial charge in [0.05, 0.1) is 0 Å². The van der Waals surface area contributed by atoms with Crippen LogP contribution < -0.4 is 10.1 Å². The number of hydrogen-bond donors (Lipinski definition) is 1. The van der Waals surface area contributed by atoms with E-state index in [0.717, 1.165) is 30.4 Å². The maximum absolute atomic E-state index is 11.7. The number of ether oxygens (including phenoxy) is 2. The molecule has 0 heterocycles. The molecular weight excluding hydrogens is 270 g/mol. The fraction of sp³-hybridized carbons (Fsp3) is 0.500. The molecule has 0 spiro atoms. The zero-order valence-corrected chi connectivity index (χ0v) is 12.3. The standard InChI is InChI=1S/C16H21NO4/c1-20-9-3-8-17-16(19)11-21-13-6-7-14-12(10-13)4-2-5-15(14)18/h6-7,10H,2-5,8-9,11H2,1H3,(H,17,19). The van der Waals surface area contributed by atoms with Crippen LogP contribution in [-0.4, -0.2) is 38.6 Å². The number of hydrogen-bond acceptors (Lipinski definition) is 4. The molecule has 1 aliphatic carbocycles. The number of carbonyl (C=O) groups excluding carboxylic acids is 2.